The predicted octanol–water partition coefficient (Wildman–Crippen LogP) is 4.23. The van der Waals surface area contributed by atoms with Crippen molar-refractivity contribution >= 4 is 35.0 Å². The summed E-state index contributed by atoms with van der Waals surface area (Å²) in [5.74, 6) is 0.0475. The van der Waals surface area contributed by atoms with Crippen molar-refractivity contribution in [2.75, 3.05) is 13.2 Å². The summed E-state index contributed by atoms with van der Waals surface area (Å²) in [6.07, 6.45) is 0. The summed E-state index contributed by atoms with van der Waals surface area (Å²) in [5, 5.41) is 3.69. The van der Waals surface area contributed by atoms with E-state index in [2.05, 4.69) is 5.32 Å². The number of hydrogen-bond acceptors (Lipinski definition) is 3. The highest BCUT2D eigenvalue weighted by Gasteiger charge is 2.26. The van der Waals surface area contributed by atoms with Crippen LogP contribution in [0.2, 0.25) is 10.0 Å². The third-order valence-corrected chi connectivity index (χ3v) is 4.81. The van der Waals surface area contributed by atoms with Gasteiger partial charge >= 0.3 is 0 Å². The van der Waals surface area contributed by atoms with Crippen molar-refractivity contribution in [2.45, 2.75) is 33.4 Å². The summed E-state index contributed by atoms with van der Waals surface area (Å²) in [5.41, 5.74) is 1.73. The number of aryl methyl sites for hydroxylation is 1. The Morgan fingerprint density at radius 2 is 1.93 bits per heavy atom. The molecule has 1 N–H and O–H groups in total. The molecule has 0 aliphatic heterocycles. The normalized spacial score (nSPS) is 11.6. The van der Waals surface area contributed by atoms with Gasteiger partial charge in [0.1, 0.15) is 11.8 Å². The molecular formula is C21H24Cl2N2O3. The van der Waals surface area contributed by atoms with Gasteiger partial charge in [0.2, 0.25) is 5.91 Å². The van der Waals surface area contributed by atoms with Crippen LogP contribution in [0.25, 0.3) is 0 Å². The molecule has 0 aromatic heterocycles. The van der Waals surface area contributed by atoms with Crippen molar-refractivity contribution in [3.8, 4) is 5.75 Å². The minimum absolute atomic E-state index is 0.171. The van der Waals surface area contributed by atoms with E-state index in [1.165, 1.54) is 4.90 Å². The van der Waals surface area contributed by atoms with Crippen LogP contribution in [0.1, 0.15) is 25.0 Å². The molecule has 0 saturated carbocycles. The fourth-order valence-corrected chi connectivity index (χ4v) is 3.14. The maximum Gasteiger partial charge on any atom is 0.261 e. The first kappa shape index (κ1) is 22.1. The number of carbonyl (C=O) groups is 2. The highest BCUT2D eigenvalue weighted by atomic mass is 35.5. The maximum absolute atomic E-state index is 12.9. The molecule has 0 saturated heterocycles. The van der Waals surface area contributed by atoms with E-state index in [0.717, 1.165) is 5.56 Å². The summed E-state index contributed by atoms with van der Waals surface area (Å²) in [4.78, 5) is 26.7. The number of rotatable bonds is 8. The molecule has 1 atom stereocenters. The molecule has 2 aromatic rings. The fraction of sp³-hybridized carbons (Fsp3) is 0.333. The Morgan fingerprint density at radius 1 is 1.18 bits per heavy atom. The lowest BCUT2D eigenvalue weighted by Crippen LogP contribution is -2.49. The molecule has 2 rings (SSSR count). The molecule has 0 aliphatic rings. The second-order valence-corrected chi connectivity index (χ2v) is 7.28. The van der Waals surface area contributed by atoms with Crippen molar-refractivity contribution in [2.24, 2.45) is 0 Å². The van der Waals surface area contributed by atoms with Crippen LogP contribution in [0.15, 0.2) is 42.5 Å². The lowest BCUT2D eigenvalue weighted by atomic mass is 10.1. The first-order chi connectivity index (χ1) is 13.3. The van der Waals surface area contributed by atoms with Gasteiger partial charge in [-0.3, -0.25) is 9.59 Å². The van der Waals surface area contributed by atoms with E-state index in [9.17, 15) is 9.59 Å². The van der Waals surface area contributed by atoms with E-state index in [-0.39, 0.29) is 25.0 Å². The lowest BCUT2D eigenvalue weighted by molar-refractivity contribution is -0.142. The first-order valence-corrected chi connectivity index (χ1v) is 9.78. The molecule has 0 bridgehead atoms. The Balaban J connectivity index is 2.18. The summed E-state index contributed by atoms with van der Waals surface area (Å²) in [6, 6.07) is 11.8. The van der Waals surface area contributed by atoms with Gasteiger partial charge in [0.05, 0.1) is 0 Å². The minimum atomic E-state index is -0.680. The van der Waals surface area contributed by atoms with Gasteiger partial charge in [-0.1, -0.05) is 41.4 Å². The monoisotopic (exact) mass is 422 g/mol. The molecule has 0 fully saturated rings. The third-order valence-electron chi connectivity index (χ3n) is 4.23. The smallest absolute Gasteiger partial charge is 0.261 e. The summed E-state index contributed by atoms with van der Waals surface area (Å²) in [7, 11) is 0. The maximum atomic E-state index is 12.9. The van der Waals surface area contributed by atoms with E-state index in [4.69, 9.17) is 27.9 Å². The zero-order valence-electron chi connectivity index (χ0n) is 16.2. The Bertz CT molecular complexity index is 842. The molecule has 2 aromatic carbocycles. The van der Waals surface area contributed by atoms with Crippen LogP contribution in [-0.2, 0) is 16.1 Å². The summed E-state index contributed by atoms with van der Waals surface area (Å²) in [6.45, 7) is 5.92. The molecule has 0 spiro atoms. The van der Waals surface area contributed by atoms with Gasteiger partial charge in [-0.05, 0) is 56.2 Å². The predicted molar refractivity (Wildman–Crippen MR) is 112 cm³/mol. The third kappa shape index (κ3) is 6.14. The number of amides is 2. The largest absolute Gasteiger partial charge is 0.484 e. The van der Waals surface area contributed by atoms with Crippen LogP contribution >= 0.6 is 23.2 Å². The molecule has 0 aliphatic carbocycles. The van der Waals surface area contributed by atoms with E-state index < -0.39 is 6.04 Å². The van der Waals surface area contributed by atoms with Crippen LogP contribution in [0.4, 0.5) is 0 Å². The molecule has 5 nitrogen and oxygen atoms in total. The number of nitrogens with zero attached hydrogens (tertiary/aromatic N) is 1. The summed E-state index contributed by atoms with van der Waals surface area (Å²) < 4.78 is 5.63. The Hall–Kier alpha value is -2.24. The average Bonchev–Trinajstić information content (AvgIpc) is 2.65. The molecule has 150 valence electrons. The van der Waals surface area contributed by atoms with Gasteiger partial charge in [-0.15, -0.1) is 0 Å². The van der Waals surface area contributed by atoms with Gasteiger partial charge in [-0.25, -0.2) is 0 Å². The second-order valence-electron chi connectivity index (χ2n) is 6.43. The highest BCUT2D eigenvalue weighted by Crippen LogP contribution is 2.23. The number of benzene rings is 2. The fourth-order valence-electron chi connectivity index (χ4n) is 2.67. The zero-order valence-corrected chi connectivity index (χ0v) is 17.7. The topological polar surface area (TPSA) is 58.6 Å². The zero-order chi connectivity index (χ0) is 20.7. The number of carbonyl (C=O) groups excluding carboxylic acids is 2. The number of likely N-dealkylation sites (N-methyl/N-ethyl adjacent to an activating group) is 1. The average molecular weight is 423 g/mol. The van der Waals surface area contributed by atoms with E-state index >= 15 is 0 Å². The van der Waals surface area contributed by atoms with E-state index in [1.807, 2.05) is 32.0 Å². The second kappa shape index (κ2) is 10.3. The van der Waals surface area contributed by atoms with Gasteiger partial charge in [0.15, 0.2) is 6.61 Å². The van der Waals surface area contributed by atoms with Crippen molar-refractivity contribution in [1.82, 2.24) is 10.2 Å². The number of ether oxygens (including phenoxy) is 1. The van der Waals surface area contributed by atoms with Gasteiger partial charge in [0, 0.05) is 23.1 Å². The van der Waals surface area contributed by atoms with Crippen molar-refractivity contribution in [1.29, 1.82) is 0 Å². The van der Waals surface area contributed by atoms with Crippen LogP contribution in [0.3, 0.4) is 0 Å². The Labute approximate surface area is 175 Å². The minimum Gasteiger partial charge on any atom is -0.484 e. The number of halogens is 2. The van der Waals surface area contributed by atoms with Crippen LogP contribution in [0, 0.1) is 6.92 Å². The highest BCUT2D eigenvalue weighted by molar-refractivity contribution is 6.35. The Morgan fingerprint density at radius 3 is 2.57 bits per heavy atom. The first-order valence-electron chi connectivity index (χ1n) is 9.02. The van der Waals surface area contributed by atoms with E-state index in [0.29, 0.717) is 27.9 Å². The van der Waals surface area contributed by atoms with Gasteiger partial charge in [0.25, 0.3) is 5.91 Å². The van der Waals surface area contributed by atoms with E-state index in [1.54, 1.807) is 31.2 Å². The molecule has 0 unspecified atom stereocenters. The number of hydrogen-bond donors (Lipinski definition) is 1. The molecule has 28 heavy (non-hydrogen) atoms. The van der Waals surface area contributed by atoms with Crippen molar-refractivity contribution < 1.29 is 14.3 Å². The molecule has 2 amide bonds. The SMILES string of the molecule is CCNC(=O)[C@H](C)N(Cc1ccc(Cl)cc1Cl)C(=O)COc1cccc(C)c1. The van der Waals surface area contributed by atoms with Crippen LogP contribution < -0.4 is 10.1 Å². The molecule has 0 heterocycles. The Kier molecular flexibility index (Phi) is 8.15. The van der Waals surface area contributed by atoms with Gasteiger partial charge in [-0.2, -0.15) is 0 Å². The van der Waals surface area contributed by atoms with Gasteiger partial charge < -0.3 is 15.0 Å². The molecule has 0 radical (unpaired) electrons. The van der Waals surface area contributed by atoms with Crippen molar-refractivity contribution in [3.05, 3.63) is 63.6 Å². The molecule has 7 heteroatoms. The standard InChI is InChI=1S/C21H24Cl2N2O3/c1-4-24-21(27)15(3)25(12-16-8-9-17(22)11-19(16)23)20(26)13-28-18-7-5-6-14(2)10-18/h5-11,15H,4,12-13H2,1-3H3,(H,24,27)/t15-/m0/s1. The number of nitrogens with one attached hydrogen (secondary N) is 1. The quantitative estimate of drug-likeness (QED) is 0.691. The summed E-state index contributed by atoms with van der Waals surface area (Å²) >= 11 is 12.2. The molecular weight excluding hydrogens is 399 g/mol. The van der Waals surface area contributed by atoms with Crippen LogP contribution in [-0.4, -0.2) is 35.9 Å². The lowest BCUT2D eigenvalue weighted by Gasteiger charge is -2.29. The van der Waals surface area contributed by atoms with Crippen molar-refractivity contribution in [3.63, 3.8) is 0 Å². The van der Waals surface area contributed by atoms with Crippen LogP contribution in [0.5, 0.6) is 5.75 Å².